The van der Waals surface area contributed by atoms with E-state index in [4.69, 9.17) is 10.5 Å². The maximum atomic E-state index is 12.6. The fourth-order valence-electron chi connectivity index (χ4n) is 3.00. The van der Waals surface area contributed by atoms with E-state index in [9.17, 15) is 4.79 Å². The molecule has 2 aliphatic rings. The van der Waals surface area contributed by atoms with Gasteiger partial charge in [-0.25, -0.2) is 0 Å². The highest BCUT2D eigenvalue weighted by atomic mass is 32.2. The van der Waals surface area contributed by atoms with E-state index >= 15 is 0 Å². The van der Waals surface area contributed by atoms with Gasteiger partial charge >= 0.3 is 0 Å². The lowest BCUT2D eigenvalue weighted by Crippen LogP contribution is -2.43. The van der Waals surface area contributed by atoms with Crippen LogP contribution >= 0.6 is 23.1 Å². The zero-order valence-corrected chi connectivity index (χ0v) is 12.5. The van der Waals surface area contributed by atoms with Crippen LogP contribution < -0.4 is 5.73 Å². The Morgan fingerprint density at radius 3 is 3.16 bits per heavy atom. The van der Waals surface area contributed by atoms with Crippen molar-refractivity contribution in [2.45, 2.75) is 30.9 Å². The quantitative estimate of drug-likeness (QED) is 0.932. The molecule has 2 saturated heterocycles. The molecular weight excluding hydrogens is 278 g/mol. The van der Waals surface area contributed by atoms with Crippen LogP contribution in [0.3, 0.4) is 0 Å². The van der Waals surface area contributed by atoms with Crippen molar-refractivity contribution in [2.24, 2.45) is 11.7 Å². The Morgan fingerprint density at radius 2 is 2.47 bits per heavy atom. The number of ether oxygens (including phenoxy) is 1. The standard InChI is InChI=1S/C14H19NO2S2/c15-12(11-2-1-6-19-11)13(16)10-3-5-17-14(8-10)4-7-18-9-14/h1-2,6,10,12H,3-5,7-9,15H2. The zero-order chi connectivity index (χ0) is 13.3. The minimum absolute atomic E-state index is 0.0432. The first kappa shape index (κ1) is 13.6. The Kier molecular flexibility index (Phi) is 3.98. The number of carbonyl (C=O) groups excluding carboxylic acids is 1. The van der Waals surface area contributed by atoms with Crippen LogP contribution in [0.1, 0.15) is 30.2 Å². The summed E-state index contributed by atoms with van der Waals surface area (Å²) in [7, 11) is 0. The molecule has 0 saturated carbocycles. The molecule has 0 radical (unpaired) electrons. The van der Waals surface area contributed by atoms with Crippen molar-refractivity contribution in [3.8, 4) is 0 Å². The zero-order valence-electron chi connectivity index (χ0n) is 10.8. The van der Waals surface area contributed by atoms with Crippen LogP contribution in [0, 0.1) is 5.92 Å². The smallest absolute Gasteiger partial charge is 0.158 e. The second kappa shape index (κ2) is 5.56. The van der Waals surface area contributed by atoms with E-state index in [0.29, 0.717) is 6.61 Å². The molecule has 19 heavy (non-hydrogen) atoms. The van der Waals surface area contributed by atoms with Gasteiger partial charge in [0, 0.05) is 23.2 Å². The molecule has 3 heterocycles. The Morgan fingerprint density at radius 1 is 1.58 bits per heavy atom. The minimum atomic E-state index is -0.450. The summed E-state index contributed by atoms with van der Waals surface area (Å²) in [6.45, 7) is 0.703. The van der Waals surface area contributed by atoms with Crippen molar-refractivity contribution in [1.29, 1.82) is 0 Å². The van der Waals surface area contributed by atoms with Crippen molar-refractivity contribution in [3.63, 3.8) is 0 Å². The molecule has 2 aliphatic heterocycles. The molecule has 0 amide bonds. The van der Waals surface area contributed by atoms with Gasteiger partial charge in [0.15, 0.2) is 5.78 Å². The van der Waals surface area contributed by atoms with Gasteiger partial charge in [-0.15, -0.1) is 11.3 Å². The average Bonchev–Trinajstić information content (AvgIpc) is 3.09. The van der Waals surface area contributed by atoms with Crippen LogP contribution in [0.15, 0.2) is 17.5 Å². The van der Waals surface area contributed by atoms with Crippen LogP contribution in [0.25, 0.3) is 0 Å². The van der Waals surface area contributed by atoms with Gasteiger partial charge in [0.25, 0.3) is 0 Å². The van der Waals surface area contributed by atoms with Crippen molar-refractivity contribution < 1.29 is 9.53 Å². The fraction of sp³-hybridized carbons (Fsp3) is 0.643. The van der Waals surface area contributed by atoms with Crippen LogP contribution in [-0.4, -0.2) is 29.5 Å². The Hall–Kier alpha value is -0.360. The lowest BCUT2D eigenvalue weighted by Gasteiger charge is -2.37. The van der Waals surface area contributed by atoms with Gasteiger partial charge in [-0.3, -0.25) is 4.79 Å². The summed E-state index contributed by atoms with van der Waals surface area (Å²) in [6, 6.07) is 3.45. The summed E-state index contributed by atoms with van der Waals surface area (Å²) in [4.78, 5) is 13.5. The largest absolute Gasteiger partial charge is 0.374 e. The predicted molar refractivity (Wildman–Crippen MR) is 79.6 cm³/mol. The molecule has 3 nitrogen and oxygen atoms in total. The molecule has 0 bridgehead atoms. The summed E-state index contributed by atoms with van der Waals surface area (Å²) in [5, 5.41) is 1.97. The van der Waals surface area contributed by atoms with Gasteiger partial charge in [-0.2, -0.15) is 11.8 Å². The number of rotatable bonds is 3. The minimum Gasteiger partial charge on any atom is -0.374 e. The molecule has 0 aromatic carbocycles. The van der Waals surface area contributed by atoms with Gasteiger partial charge < -0.3 is 10.5 Å². The maximum absolute atomic E-state index is 12.6. The van der Waals surface area contributed by atoms with E-state index in [1.54, 1.807) is 11.3 Å². The molecule has 3 unspecified atom stereocenters. The van der Waals surface area contributed by atoms with Gasteiger partial charge in [0.05, 0.1) is 11.6 Å². The van der Waals surface area contributed by atoms with E-state index in [2.05, 4.69) is 0 Å². The van der Waals surface area contributed by atoms with E-state index in [1.807, 2.05) is 29.3 Å². The summed E-state index contributed by atoms with van der Waals surface area (Å²) in [6.07, 6.45) is 2.76. The molecule has 104 valence electrons. The van der Waals surface area contributed by atoms with Crippen LogP contribution in [0.5, 0.6) is 0 Å². The number of nitrogens with two attached hydrogens (primary N) is 1. The molecular formula is C14H19NO2S2. The number of hydrogen-bond donors (Lipinski definition) is 1. The second-order valence-corrected chi connectivity index (χ2v) is 7.50. The molecule has 3 rings (SSSR count). The van der Waals surface area contributed by atoms with E-state index in [-0.39, 0.29) is 17.3 Å². The number of thiophene rings is 1. The highest BCUT2D eigenvalue weighted by Crippen LogP contribution is 2.41. The van der Waals surface area contributed by atoms with Crippen LogP contribution in [-0.2, 0) is 9.53 Å². The lowest BCUT2D eigenvalue weighted by atomic mass is 9.81. The molecule has 0 aliphatic carbocycles. The third-order valence-corrected chi connectivity index (χ3v) is 6.30. The van der Waals surface area contributed by atoms with Gasteiger partial charge in [-0.05, 0) is 36.5 Å². The van der Waals surface area contributed by atoms with Gasteiger partial charge in [0.2, 0.25) is 0 Å². The first-order chi connectivity index (χ1) is 9.20. The van der Waals surface area contributed by atoms with Crippen molar-refractivity contribution >= 4 is 28.9 Å². The third kappa shape index (κ3) is 2.75. The van der Waals surface area contributed by atoms with E-state index in [0.717, 1.165) is 35.6 Å². The lowest BCUT2D eigenvalue weighted by molar-refractivity contribution is -0.135. The SMILES string of the molecule is NC(C(=O)C1CCOC2(CCSC2)C1)c1cccs1. The second-order valence-electron chi connectivity index (χ2n) is 5.42. The van der Waals surface area contributed by atoms with Gasteiger partial charge in [-0.1, -0.05) is 6.07 Å². The summed E-state index contributed by atoms with van der Waals surface area (Å²) in [5.41, 5.74) is 6.07. The fourth-order valence-corrected chi connectivity index (χ4v) is 5.11. The summed E-state index contributed by atoms with van der Waals surface area (Å²) < 4.78 is 5.97. The molecule has 2 fully saturated rings. The highest BCUT2D eigenvalue weighted by Gasteiger charge is 2.43. The number of hydrogen-bond acceptors (Lipinski definition) is 5. The Labute approximate surface area is 121 Å². The molecule has 1 aromatic rings. The predicted octanol–water partition coefficient (Wildman–Crippen LogP) is 2.62. The monoisotopic (exact) mass is 297 g/mol. The summed E-state index contributed by atoms with van der Waals surface area (Å²) >= 11 is 3.50. The highest BCUT2D eigenvalue weighted by molar-refractivity contribution is 7.99. The van der Waals surface area contributed by atoms with Crippen molar-refractivity contribution in [3.05, 3.63) is 22.4 Å². The van der Waals surface area contributed by atoms with Crippen LogP contribution in [0.4, 0.5) is 0 Å². The summed E-state index contributed by atoms with van der Waals surface area (Å²) in [5.74, 6) is 2.45. The molecule has 1 spiro atoms. The number of ketones is 1. The van der Waals surface area contributed by atoms with Gasteiger partial charge in [0.1, 0.15) is 0 Å². The Bertz CT molecular complexity index is 440. The van der Waals surface area contributed by atoms with Crippen molar-refractivity contribution in [1.82, 2.24) is 0 Å². The first-order valence-corrected chi connectivity index (χ1v) is 8.78. The number of Topliss-reactive ketones (excluding diaryl/α,β-unsaturated/α-hetero) is 1. The molecule has 5 heteroatoms. The van der Waals surface area contributed by atoms with E-state index < -0.39 is 6.04 Å². The normalized spacial score (nSPS) is 32.6. The maximum Gasteiger partial charge on any atom is 0.158 e. The Balaban J connectivity index is 1.69. The first-order valence-electron chi connectivity index (χ1n) is 6.75. The molecule has 3 atom stereocenters. The number of thioether (sulfide) groups is 1. The van der Waals surface area contributed by atoms with E-state index in [1.165, 1.54) is 0 Å². The van der Waals surface area contributed by atoms with Crippen LogP contribution in [0.2, 0.25) is 0 Å². The average molecular weight is 297 g/mol. The topological polar surface area (TPSA) is 52.3 Å². The molecule has 1 aromatic heterocycles. The van der Waals surface area contributed by atoms with Crippen molar-refractivity contribution in [2.75, 3.05) is 18.1 Å². The number of carbonyl (C=O) groups is 1. The molecule has 2 N–H and O–H groups in total. The third-order valence-electron chi connectivity index (χ3n) is 4.12.